The molecule has 3 rings (SSSR count). The second kappa shape index (κ2) is 7.75. The van der Waals surface area contributed by atoms with Crippen LogP contribution in [0.15, 0.2) is 35.6 Å². The van der Waals surface area contributed by atoms with Crippen molar-refractivity contribution in [2.24, 2.45) is 0 Å². The normalized spacial score (nSPS) is 15.5. The van der Waals surface area contributed by atoms with Crippen LogP contribution in [-0.2, 0) is 16.9 Å². The van der Waals surface area contributed by atoms with Gasteiger partial charge in [0.25, 0.3) is 0 Å². The van der Waals surface area contributed by atoms with Gasteiger partial charge in [0, 0.05) is 29.5 Å². The molecule has 1 aromatic carbocycles. The molecule has 1 N–H and O–H groups in total. The molecule has 10 heteroatoms. The smallest absolute Gasteiger partial charge is 0.387 e. The molecule has 0 saturated carbocycles. The Kier molecular flexibility index (Phi) is 4.05. The van der Waals surface area contributed by atoms with Crippen molar-refractivity contribution in [3.8, 4) is 17.2 Å². The van der Waals surface area contributed by atoms with Gasteiger partial charge in [0.2, 0.25) is 0 Å². The maximum absolute atomic E-state index is 12.8. The molecular weight excluding hydrogens is 368 g/mol. The van der Waals surface area contributed by atoms with E-state index in [9.17, 15) is 13.3 Å². The molecule has 0 aliphatic heterocycles. The van der Waals surface area contributed by atoms with Gasteiger partial charge in [0.05, 0.1) is 29.3 Å². The van der Waals surface area contributed by atoms with E-state index in [0.717, 1.165) is 0 Å². The van der Waals surface area contributed by atoms with Crippen molar-refractivity contribution < 1.29 is 33.0 Å². The third kappa shape index (κ3) is 3.81. The van der Waals surface area contributed by atoms with Crippen molar-refractivity contribution in [2.45, 2.75) is 17.5 Å². The van der Waals surface area contributed by atoms with Crippen molar-refractivity contribution in [3.05, 3.63) is 36.2 Å². The highest BCUT2D eigenvalue weighted by Crippen LogP contribution is 2.31. The van der Waals surface area contributed by atoms with Crippen LogP contribution in [0.2, 0.25) is 0 Å². The van der Waals surface area contributed by atoms with Crippen molar-refractivity contribution in [1.29, 1.82) is 0 Å². The number of hydrogen-bond acceptors (Lipinski definition) is 6. The molecule has 0 bridgehead atoms. The molecule has 7 nitrogen and oxygen atoms in total. The second-order valence-electron chi connectivity index (χ2n) is 4.93. The highest BCUT2D eigenvalue weighted by molar-refractivity contribution is 7.90. The van der Waals surface area contributed by atoms with Crippen LogP contribution >= 0.6 is 0 Å². The summed E-state index contributed by atoms with van der Waals surface area (Å²) in [6.45, 7) is -4.09. The monoisotopic (exact) mass is 387 g/mol. The Hall–Kier alpha value is -2.59. The highest BCUT2D eigenvalue weighted by Gasteiger charge is 2.22. The Morgan fingerprint density at radius 3 is 2.96 bits per heavy atom. The lowest BCUT2D eigenvalue weighted by atomic mass is 10.3. The molecule has 0 aliphatic carbocycles. The van der Waals surface area contributed by atoms with Gasteiger partial charge < -0.3 is 18.8 Å². The van der Waals surface area contributed by atoms with Crippen LogP contribution in [0.5, 0.6) is 17.2 Å². The number of ether oxygens (including phenoxy) is 3. The summed E-state index contributed by atoms with van der Waals surface area (Å²) in [6.07, 6.45) is 1.29. The van der Waals surface area contributed by atoms with Crippen molar-refractivity contribution in [1.82, 2.24) is 15.0 Å². The molecule has 1 atom stereocenters. The first-order valence-electron chi connectivity index (χ1n) is 9.11. The molecule has 0 fully saturated rings. The number of halogens is 2. The average Bonchev–Trinajstić information content (AvgIpc) is 3.02. The number of nitrogens with one attached hydrogen (secondary N) is 1. The zero-order valence-corrected chi connectivity index (χ0v) is 14.1. The Morgan fingerprint density at radius 1 is 1.38 bits per heavy atom. The van der Waals surface area contributed by atoms with Gasteiger partial charge in [-0.05, 0) is 12.1 Å². The van der Waals surface area contributed by atoms with Gasteiger partial charge in [-0.2, -0.15) is 13.8 Å². The number of fused-ring (bicyclic) bond motifs is 1. The molecule has 0 radical (unpaired) electrons. The Morgan fingerprint density at radius 2 is 2.23 bits per heavy atom. The fraction of sp³-hybridized carbons (Fsp3) is 0.250. The van der Waals surface area contributed by atoms with E-state index in [1.54, 1.807) is 0 Å². The number of nitrogens with zero attached hydrogens (tertiary/aromatic N) is 2. The summed E-state index contributed by atoms with van der Waals surface area (Å²) < 4.78 is 80.5. The number of benzene rings is 1. The SMILES string of the molecule is [2H]C([2H])([2H])Oc1ccnc(C[S+]([O-])c2nc3ccc(OC([2H])(F)F)cc3[nH]2)c1OC. The lowest BCUT2D eigenvalue weighted by Crippen LogP contribution is -2.10. The lowest BCUT2D eigenvalue weighted by molar-refractivity contribution is -0.0497. The molecule has 26 heavy (non-hydrogen) atoms. The van der Waals surface area contributed by atoms with Gasteiger partial charge in [-0.25, -0.2) is 0 Å². The third-order valence-corrected chi connectivity index (χ3v) is 4.53. The van der Waals surface area contributed by atoms with Gasteiger partial charge in [-0.1, -0.05) is 0 Å². The Balaban J connectivity index is 1.84. The summed E-state index contributed by atoms with van der Waals surface area (Å²) in [5, 5.41) is 0.0331. The minimum atomic E-state index is -4.09. The van der Waals surface area contributed by atoms with Gasteiger partial charge in [0.1, 0.15) is 11.4 Å². The number of methoxy groups -OCH3 is 2. The highest BCUT2D eigenvalue weighted by atomic mass is 32.2. The fourth-order valence-corrected chi connectivity index (χ4v) is 3.31. The molecule has 138 valence electrons. The van der Waals surface area contributed by atoms with Gasteiger partial charge >= 0.3 is 11.7 Å². The molecule has 0 spiro atoms. The Labute approximate surface area is 156 Å². The van der Waals surface area contributed by atoms with Crippen LogP contribution in [-0.4, -0.2) is 40.2 Å². The molecule has 0 amide bonds. The first-order chi connectivity index (χ1) is 13.9. The summed E-state index contributed by atoms with van der Waals surface area (Å²) in [7, 11) is -1.42. The van der Waals surface area contributed by atoms with E-state index in [1.165, 1.54) is 37.6 Å². The molecule has 3 aromatic rings. The van der Waals surface area contributed by atoms with Gasteiger partial charge in [-0.3, -0.25) is 9.97 Å². The lowest BCUT2D eigenvalue weighted by Gasteiger charge is -2.12. The van der Waals surface area contributed by atoms with E-state index in [2.05, 4.69) is 19.7 Å². The second-order valence-corrected chi connectivity index (χ2v) is 6.30. The van der Waals surface area contributed by atoms with Crippen molar-refractivity contribution >= 4 is 22.2 Å². The number of aromatic nitrogens is 3. The minimum Gasteiger partial charge on any atom is -0.609 e. The van der Waals surface area contributed by atoms with Gasteiger partial charge in [-0.15, -0.1) is 0 Å². The quantitative estimate of drug-likeness (QED) is 0.627. The zero-order chi connectivity index (χ0) is 22.1. The maximum atomic E-state index is 12.8. The molecule has 2 heterocycles. The molecule has 0 aliphatic rings. The number of pyridine rings is 1. The van der Waals surface area contributed by atoms with E-state index in [-0.39, 0.29) is 39.4 Å². The summed E-state index contributed by atoms with van der Waals surface area (Å²) in [4.78, 5) is 11.0. The number of imidazole rings is 1. The predicted octanol–water partition coefficient (Wildman–Crippen LogP) is 2.88. The van der Waals surface area contributed by atoms with Crippen LogP contribution in [0.25, 0.3) is 11.0 Å². The first kappa shape index (κ1) is 13.6. The number of aromatic amines is 1. The number of hydrogen-bond donors (Lipinski definition) is 1. The largest absolute Gasteiger partial charge is 0.609 e. The van der Waals surface area contributed by atoms with Crippen LogP contribution in [0, 0.1) is 0 Å². The Bertz CT molecular complexity index is 1050. The van der Waals surface area contributed by atoms with E-state index in [4.69, 9.17) is 15.0 Å². The number of alkyl halides is 2. The first-order valence-corrected chi connectivity index (χ1v) is 8.43. The molecule has 2 aromatic heterocycles. The molecule has 0 saturated heterocycles. The number of H-pyrrole nitrogens is 1. The van der Waals surface area contributed by atoms with Crippen LogP contribution in [0.1, 0.15) is 11.2 Å². The van der Waals surface area contributed by atoms with Crippen LogP contribution in [0.4, 0.5) is 8.78 Å². The molecular formula is C16H15F2N3O4S. The van der Waals surface area contributed by atoms with E-state index < -0.39 is 24.8 Å². The zero-order valence-electron chi connectivity index (χ0n) is 17.3. The average molecular weight is 387 g/mol. The maximum Gasteiger partial charge on any atom is 0.387 e. The summed E-state index contributed by atoms with van der Waals surface area (Å²) >= 11 is -1.77. The fourth-order valence-electron chi connectivity index (χ4n) is 2.29. The van der Waals surface area contributed by atoms with Crippen LogP contribution in [0.3, 0.4) is 0 Å². The number of rotatable bonds is 7. The van der Waals surface area contributed by atoms with Crippen LogP contribution < -0.4 is 14.2 Å². The van der Waals surface area contributed by atoms with Gasteiger partial charge in [0.15, 0.2) is 18.6 Å². The summed E-state index contributed by atoms with van der Waals surface area (Å²) in [6, 6.07) is 5.09. The minimum absolute atomic E-state index is 0.0199. The summed E-state index contributed by atoms with van der Waals surface area (Å²) in [5.74, 6) is -0.509. The van der Waals surface area contributed by atoms with Crippen molar-refractivity contribution in [2.75, 3.05) is 14.1 Å². The van der Waals surface area contributed by atoms with E-state index >= 15 is 0 Å². The standard InChI is InChI=1S/C16H15F2N3O4S/c1-23-13-5-6-19-12(14(13)24-2)8-26(22)16-20-10-4-3-9(25-15(17)18)7-11(10)21-16/h3-7,15H,8H2,1-2H3,(H,20,21)/i1D3,15D. The topological polar surface area (TPSA) is 92.3 Å². The van der Waals surface area contributed by atoms with Crippen molar-refractivity contribution in [3.63, 3.8) is 0 Å². The third-order valence-electron chi connectivity index (χ3n) is 3.37. The predicted molar refractivity (Wildman–Crippen MR) is 90.2 cm³/mol. The summed E-state index contributed by atoms with van der Waals surface area (Å²) in [5.41, 5.74) is 0.800. The van der Waals surface area contributed by atoms with E-state index in [0.29, 0.717) is 5.52 Å². The van der Waals surface area contributed by atoms with E-state index in [1.807, 2.05) is 0 Å². The molecule has 1 unspecified atom stereocenters.